The third-order valence-corrected chi connectivity index (χ3v) is 4.88. The monoisotopic (exact) mass is 468 g/mol. The van der Waals surface area contributed by atoms with Crippen LogP contribution in [0.15, 0.2) is 71.2 Å². The molecule has 30 heavy (non-hydrogen) atoms. The van der Waals surface area contributed by atoms with Gasteiger partial charge in [0.2, 0.25) is 0 Å². The van der Waals surface area contributed by atoms with Crippen LogP contribution in [0.1, 0.15) is 21.5 Å². The zero-order chi connectivity index (χ0) is 21.5. The molecule has 0 saturated carbocycles. The maximum atomic E-state index is 12.5. The molecule has 0 aliphatic heterocycles. The molecule has 0 fully saturated rings. The average Bonchev–Trinajstić information content (AvgIpc) is 2.76. The Morgan fingerprint density at radius 1 is 1.00 bits per heavy atom. The first-order valence-electron chi connectivity index (χ1n) is 9.15. The summed E-state index contributed by atoms with van der Waals surface area (Å²) in [7, 11) is 3.05. The number of phenolic OH excluding ortho intramolecular Hbond substituents is 1. The highest BCUT2D eigenvalue weighted by molar-refractivity contribution is 9.10. The van der Waals surface area contributed by atoms with E-state index >= 15 is 0 Å². The van der Waals surface area contributed by atoms with Gasteiger partial charge in [-0.2, -0.15) is 0 Å². The Morgan fingerprint density at radius 2 is 1.80 bits per heavy atom. The molecular weight excluding hydrogens is 448 g/mol. The van der Waals surface area contributed by atoms with Crippen LogP contribution >= 0.6 is 15.9 Å². The minimum atomic E-state index is -0.198. The third-order valence-electron chi connectivity index (χ3n) is 4.39. The van der Waals surface area contributed by atoms with Crippen molar-refractivity contribution in [2.24, 2.45) is 0 Å². The lowest BCUT2D eigenvalue weighted by Gasteiger charge is -2.11. The van der Waals surface area contributed by atoms with E-state index in [4.69, 9.17) is 14.2 Å². The lowest BCUT2D eigenvalue weighted by Crippen LogP contribution is -1.99. The topological polar surface area (TPSA) is 65.0 Å². The first-order valence-corrected chi connectivity index (χ1v) is 9.94. The molecule has 0 bridgehead atoms. The summed E-state index contributed by atoms with van der Waals surface area (Å²) in [5.74, 6) is 1.49. The van der Waals surface area contributed by atoms with Crippen molar-refractivity contribution in [3.8, 4) is 23.0 Å². The molecule has 0 radical (unpaired) electrons. The number of hydrogen-bond donors (Lipinski definition) is 1. The second-order valence-corrected chi connectivity index (χ2v) is 7.32. The lowest BCUT2D eigenvalue weighted by atomic mass is 10.1. The molecule has 3 aromatic carbocycles. The number of methoxy groups -OCH3 is 2. The Morgan fingerprint density at radius 3 is 2.53 bits per heavy atom. The maximum Gasteiger partial charge on any atom is 0.185 e. The van der Waals surface area contributed by atoms with Crippen LogP contribution in [0.5, 0.6) is 23.0 Å². The molecule has 6 heteroatoms. The number of rotatable bonds is 8. The molecule has 0 saturated heterocycles. The fourth-order valence-corrected chi connectivity index (χ4v) is 3.21. The number of aromatic hydroxyl groups is 1. The number of carbonyl (C=O) groups excluding carboxylic acids is 1. The molecule has 0 aromatic heterocycles. The summed E-state index contributed by atoms with van der Waals surface area (Å²) in [6.45, 7) is 0.324. The zero-order valence-electron chi connectivity index (χ0n) is 16.6. The van der Waals surface area contributed by atoms with Crippen molar-refractivity contribution in [2.45, 2.75) is 6.61 Å². The highest BCUT2D eigenvalue weighted by atomic mass is 79.9. The van der Waals surface area contributed by atoms with Crippen LogP contribution in [0.25, 0.3) is 6.08 Å². The van der Waals surface area contributed by atoms with Gasteiger partial charge in [0.15, 0.2) is 17.3 Å². The van der Waals surface area contributed by atoms with E-state index < -0.39 is 0 Å². The van der Waals surface area contributed by atoms with E-state index in [0.717, 1.165) is 21.3 Å². The largest absolute Gasteiger partial charge is 0.504 e. The molecule has 5 nitrogen and oxygen atoms in total. The number of allylic oxidation sites excluding steroid dienone is 1. The molecule has 0 unspecified atom stereocenters. The van der Waals surface area contributed by atoms with Crippen molar-refractivity contribution in [3.05, 3.63) is 87.9 Å². The van der Waals surface area contributed by atoms with Crippen LogP contribution in [0.4, 0.5) is 0 Å². The number of benzene rings is 3. The molecule has 3 aromatic rings. The van der Waals surface area contributed by atoms with E-state index in [9.17, 15) is 9.90 Å². The Hall–Kier alpha value is -3.25. The van der Waals surface area contributed by atoms with E-state index in [1.165, 1.54) is 25.3 Å². The van der Waals surface area contributed by atoms with Crippen LogP contribution in [0, 0.1) is 0 Å². The van der Waals surface area contributed by atoms with Crippen molar-refractivity contribution in [3.63, 3.8) is 0 Å². The van der Waals surface area contributed by atoms with E-state index in [2.05, 4.69) is 15.9 Å². The summed E-state index contributed by atoms with van der Waals surface area (Å²) >= 11 is 3.43. The Labute approximate surface area is 183 Å². The van der Waals surface area contributed by atoms with Gasteiger partial charge in [-0.3, -0.25) is 4.79 Å². The first kappa shape index (κ1) is 21.5. The molecule has 0 spiro atoms. The van der Waals surface area contributed by atoms with Crippen LogP contribution in [0.2, 0.25) is 0 Å². The average molecular weight is 469 g/mol. The summed E-state index contributed by atoms with van der Waals surface area (Å²) < 4.78 is 17.3. The summed E-state index contributed by atoms with van der Waals surface area (Å²) in [6, 6.07) is 17.7. The SMILES string of the molecule is COc1cc(C(=O)/C=C/c2ccc(OC)c(COc3cccc(Br)c3)c2)ccc1O. The van der Waals surface area contributed by atoms with Gasteiger partial charge in [0.25, 0.3) is 0 Å². The number of ether oxygens (including phenoxy) is 3. The minimum Gasteiger partial charge on any atom is -0.504 e. The molecular formula is C24H21BrO5. The molecule has 1 N–H and O–H groups in total. The van der Waals surface area contributed by atoms with Crippen LogP contribution in [-0.4, -0.2) is 25.1 Å². The highest BCUT2D eigenvalue weighted by Gasteiger charge is 2.09. The highest BCUT2D eigenvalue weighted by Crippen LogP contribution is 2.27. The lowest BCUT2D eigenvalue weighted by molar-refractivity contribution is 0.104. The van der Waals surface area contributed by atoms with Gasteiger partial charge in [0.05, 0.1) is 14.2 Å². The Bertz CT molecular complexity index is 1070. The van der Waals surface area contributed by atoms with Crippen molar-refractivity contribution < 1.29 is 24.1 Å². The Kier molecular flexibility index (Phi) is 7.14. The summed E-state index contributed by atoms with van der Waals surface area (Å²) in [6.07, 6.45) is 3.20. The smallest absolute Gasteiger partial charge is 0.185 e. The van der Waals surface area contributed by atoms with Gasteiger partial charge >= 0.3 is 0 Å². The van der Waals surface area contributed by atoms with Gasteiger partial charge < -0.3 is 19.3 Å². The second-order valence-electron chi connectivity index (χ2n) is 6.40. The van der Waals surface area contributed by atoms with Crippen molar-refractivity contribution in [2.75, 3.05) is 14.2 Å². The van der Waals surface area contributed by atoms with Gasteiger partial charge in [-0.15, -0.1) is 0 Å². The predicted octanol–water partition coefficient (Wildman–Crippen LogP) is 5.65. The molecule has 0 aliphatic carbocycles. The fraction of sp³-hybridized carbons (Fsp3) is 0.125. The second kappa shape index (κ2) is 9.98. The van der Waals surface area contributed by atoms with E-state index in [-0.39, 0.29) is 17.3 Å². The van der Waals surface area contributed by atoms with Gasteiger partial charge in [-0.05, 0) is 60.2 Å². The summed E-state index contributed by atoms with van der Waals surface area (Å²) in [5.41, 5.74) is 2.12. The first-order chi connectivity index (χ1) is 14.5. The minimum absolute atomic E-state index is 0.0109. The Balaban J connectivity index is 1.76. The molecule has 0 atom stereocenters. The third kappa shape index (κ3) is 5.42. The fourth-order valence-electron chi connectivity index (χ4n) is 2.83. The van der Waals surface area contributed by atoms with Crippen molar-refractivity contribution in [1.29, 1.82) is 0 Å². The van der Waals surface area contributed by atoms with Gasteiger partial charge in [-0.25, -0.2) is 0 Å². The van der Waals surface area contributed by atoms with Crippen LogP contribution in [-0.2, 0) is 6.61 Å². The number of halogens is 1. The number of ketones is 1. The van der Waals surface area contributed by atoms with E-state index in [0.29, 0.717) is 17.9 Å². The number of carbonyl (C=O) groups is 1. The standard InChI is InChI=1S/C24H21BrO5/c1-28-23-11-7-16(12-18(23)15-30-20-5-3-4-19(25)14-20)6-9-21(26)17-8-10-22(27)24(13-17)29-2/h3-14,27H,15H2,1-2H3/b9-6+. The zero-order valence-corrected chi connectivity index (χ0v) is 18.2. The quantitative estimate of drug-likeness (QED) is 0.341. The molecule has 154 valence electrons. The summed E-state index contributed by atoms with van der Waals surface area (Å²) in [5, 5.41) is 9.67. The van der Waals surface area contributed by atoms with Crippen molar-refractivity contribution >= 4 is 27.8 Å². The predicted molar refractivity (Wildman–Crippen MR) is 119 cm³/mol. The normalized spacial score (nSPS) is 10.8. The van der Waals surface area contributed by atoms with E-state index in [1.54, 1.807) is 19.3 Å². The number of hydrogen-bond acceptors (Lipinski definition) is 5. The van der Waals surface area contributed by atoms with Crippen LogP contribution < -0.4 is 14.2 Å². The van der Waals surface area contributed by atoms with Gasteiger partial charge in [-0.1, -0.05) is 34.1 Å². The number of phenols is 1. The van der Waals surface area contributed by atoms with E-state index in [1.807, 2.05) is 42.5 Å². The van der Waals surface area contributed by atoms with Gasteiger partial charge in [0.1, 0.15) is 18.1 Å². The maximum absolute atomic E-state index is 12.5. The van der Waals surface area contributed by atoms with Crippen molar-refractivity contribution in [1.82, 2.24) is 0 Å². The molecule has 0 heterocycles. The molecule has 0 amide bonds. The summed E-state index contributed by atoms with van der Waals surface area (Å²) in [4.78, 5) is 12.5. The molecule has 0 aliphatic rings. The molecule has 3 rings (SSSR count). The van der Waals surface area contributed by atoms with Gasteiger partial charge in [0, 0.05) is 15.6 Å². The van der Waals surface area contributed by atoms with Crippen LogP contribution in [0.3, 0.4) is 0 Å².